The Morgan fingerprint density at radius 3 is 2.60 bits per heavy atom. The van der Waals surface area contributed by atoms with Gasteiger partial charge in [-0.2, -0.15) is 0 Å². The predicted molar refractivity (Wildman–Crippen MR) is 76.0 cm³/mol. The van der Waals surface area contributed by atoms with Crippen LogP contribution in [0.3, 0.4) is 0 Å². The molecule has 3 N–H and O–H groups in total. The van der Waals surface area contributed by atoms with Gasteiger partial charge in [0, 0.05) is 6.54 Å². The summed E-state index contributed by atoms with van der Waals surface area (Å²) in [6.07, 6.45) is 5.13. The van der Waals surface area contributed by atoms with Crippen LogP contribution in [0.5, 0.6) is 0 Å². The summed E-state index contributed by atoms with van der Waals surface area (Å²) in [5, 5.41) is 15.3. The molecule has 0 atom stereocenters. The van der Waals surface area contributed by atoms with Gasteiger partial charge < -0.3 is 15.7 Å². The lowest BCUT2D eigenvalue weighted by Gasteiger charge is -2.34. The van der Waals surface area contributed by atoms with Gasteiger partial charge in [0.1, 0.15) is 0 Å². The number of carbonyl (C=O) groups is 2. The highest BCUT2D eigenvalue weighted by atomic mass is 16.4. The number of anilines is 2. The molecule has 1 heterocycles. The Morgan fingerprint density at radius 1 is 1.15 bits per heavy atom. The Morgan fingerprint density at radius 2 is 1.90 bits per heavy atom. The zero-order valence-electron chi connectivity index (χ0n) is 11.2. The summed E-state index contributed by atoms with van der Waals surface area (Å²) < 4.78 is 0. The normalized spacial score (nSPS) is 20.5. The van der Waals surface area contributed by atoms with Gasteiger partial charge in [-0.05, 0) is 31.0 Å². The van der Waals surface area contributed by atoms with Crippen LogP contribution >= 0.6 is 0 Å². The molecule has 1 fully saturated rings. The van der Waals surface area contributed by atoms with Gasteiger partial charge in [0.15, 0.2) is 0 Å². The molecule has 106 valence electrons. The molecule has 0 radical (unpaired) electrons. The van der Waals surface area contributed by atoms with E-state index in [0.717, 1.165) is 31.4 Å². The van der Waals surface area contributed by atoms with E-state index in [1.54, 1.807) is 12.1 Å². The average molecular weight is 274 g/mol. The summed E-state index contributed by atoms with van der Waals surface area (Å²) in [5.41, 5.74) is 1.20. The number of hydrogen-bond acceptors (Lipinski definition) is 3. The van der Waals surface area contributed by atoms with Crippen molar-refractivity contribution in [1.82, 2.24) is 0 Å². The second kappa shape index (κ2) is 4.81. The van der Waals surface area contributed by atoms with Gasteiger partial charge in [0.25, 0.3) is 0 Å². The summed E-state index contributed by atoms with van der Waals surface area (Å²) in [4.78, 5) is 23.6. The number of rotatable bonds is 1. The van der Waals surface area contributed by atoms with Gasteiger partial charge >= 0.3 is 5.97 Å². The van der Waals surface area contributed by atoms with E-state index in [0.29, 0.717) is 12.2 Å². The molecular formula is C15H18N2O3. The highest BCUT2D eigenvalue weighted by Crippen LogP contribution is 2.40. The van der Waals surface area contributed by atoms with Crippen LogP contribution in [0, 0.1) is 5.41 Å². The van der Waals surface area contributed by atoms with Gasteiger partial charge in [-0.25, -0.2) is 4.79 Å². The van der Waals surface area contributed by atoms with Crippen molar-refractivity contribution < 1.29 is 14.7 Å². The van der Waals surface area contributed by atoms with Crippen LogP contribution < -0.4 is 10.6 Å². The highest BCUT2D eigenvalue weighted by Gasteiger charge is 2.41. The van der Waals surface area contributed by atoms with Crippen LogP contribution in [0.4, 0.5) is 11.4 Å². The minimum absolute atomic E-state index is 0.0194. The molecular weight excluding hydrogens is 256 g/mol. The Kier molecular flexibility index (Phi) is 3.12. The zero-order valence-corrected chi connectivity index (χ0v) is 11.2. The van der Waals surface area contributed by atoms with Gasteiger partial charge in [0.2, 0.25) is 5.91 Å². The van der Waals surface area contributed by atoms with Crippen molar-refractivity contribution in [2.24, 2.45) is 5.41 Å². The lowest BCUT2D eigenvalue weighted by Crippen LogP contribution is -2.41. The molecule has 1 saturated carbocycles. The van der Waals surface area contributed by atoms with Crippen LogP contribution in [0.2, 0.25) is 0 Å². The lowest BCUT2D eigenvalue weighted by atomic mass is 9.73. The summed E-state index contributed by atoms with van der Waals surface area (Å²) >= 11 is 0. The quantitative estimate of drug-likeness (QED) is 0.735. The molecule has 1 amide bonds. The molecule has 1 spiro atoms. The first-order valence-electron chi connectivity index (χ1n) is 7.03. The molecule has 1 aliphatic carbocycles. The maximum atomic E-state index is 12.5. The molecule has 0 unspecified atom stereocenters. The topological polar surface area (TPSA) is 78.4 Å². The van der Waals surface area contributed by atoms with E-state index in [1.807, 2.05) is 0 Å². The third-order valence-corrected chi connectivity index (χ3v) is 4.42. The number of hydrogen-bond donors (Lipinski definition) is 3. The number of carboxylic acid groups (broad SMARTS) is 1. The summed E-state index contributed by atoms with van der Waals surface area (Å²) in [6.45, 7) is 0.623. The van der Waals surface area contributed by atoms with Crippen molar-refractivity contribution in [3.05, 3.63) is 23.8 Å². The fraction of sp³-hybridized carbons (Fsp3) is 0.467. The number of carboxylic acids is 1. The maximum Gasteiger partial charge on any atom is 0.335 e. The third kappa shape index (κ3) is 2.13. The molecule has 1 aliphatic heterocycles. The van der Waals surface area contributed by atoms with Crippen LogP contribution in [-0.2, 0) is 4.79 Å². The second-order valence-corrected chi connectivity index (χ2v) is 5.71. The largest absolute Gasteiger partial charge is 0.478 e. The molecule has 5 heteroatoms. The monoisotopic (exact) mass is 274 g/mol. The Bertz CT molecular complexity index is 562. The minimum atomic E-state index is -0.987. The van der Waals surface area contributed by atoms with Crippen molar-refractivity contribution in [3.8, 4) is 0 Å². The zero-order chi connectivity index (χ0) is 14.2. The molecule has 3 rings (SSSR count). The highest BCUT2D eigenvalue weighted by molar-refractivity contribution is 6.01. The minimum Gasteiger partial charge on any atom is -0.478 e. The Labute approximate surface area is 117 Å². The fourth-order valence-electron chi connectivity index (χ4n) is 3.17. The maximum absolute atomic E-state index is 12.5. The fourth-order valence-corrected chi connectivity index (χ4v) is 3.17. The molecule has 2 aliphatic rings. The van der Waals surface area contributed by atoms with E-state index in [9.17, 15) is 9.59 Å². The van der Waals surface area contributed by atoms with E-state index < -0.39 is 5.97 Å². The van der Waals surface area contributed by atoms with E-state index in [4.69, 9.17) is 5.11 Å². The lowest BCUT2D eigenvalue weighted by molar-refractivity contribution is -0.126. The SMILES string of the molecule is O=C(O)c1ccc2c(c1)NC(=O)C1(CCCCC1)CN2. The average Bonchev–Trinajstić information content (AvgIpc) is 2.58. The van der Waals surface area contributed by atoms with Crippen LogP contribution in [0.25, 0.3) is 0 Å². The van der Waals surface area contributed by atoms with E-state index in [2.05, 4.69) is 10.6 Å². The van der Waals surface area contributed by atoms with Gasteiger partial charge in [-0.15, -0.1) is 0 Å². The number of aromatic carboxylic acids is 1. The van der Waals surface area contributed by atoms with Crippen molar-refractivity contribution in [2.45, 2.75) is 32.1 Å². The Hall–Kier alpha value is -2.04. The van der Waals surface area contributed by atoms with Crippen molar-refractivity contribution in [3.63, 3.8) is 0 Å². The molecule has 0 saturated heterocycles. The summed E-state index contributed by atoms with van der Waals surface area (Å²) in [7, 11) is 0. The first kappa shape index (κ1) is 13.0. The van der Waals surface area contributed by atoms with Gasteiger partial charge in [-0.3, -0.25) is 4.79 Å². The molecule has 1 aromatic rings. The van der Waals surface area contributed by atoms with Gasteiger partial charge in [0.05, 0.1) is 22.4 Å². The third-order valence-electron chi connectivity index (χ3n) is 4.42. The van der Waals surface area contributed by atoms with Gasteiger partial charge in [-0.1, -0.05) is 19.3 Å². The second-order valence-electron chi connectivity index (χ2n) is 5.71. The first-order valence-corrected chi connectivity index (χ1v) is 7.03. The van der Waals surface area contributed by atoms with E-state index in [1.165, 1.54) is 12.5 Å². The number of fused-ring (bicyclic) bond motifs is 1. The van der Waals surface area contributed by atoms with Crippen molar-refractivity contribution >= 4 is 23.3 Å². The van der Waals surface area contributed by atoms with Crippen LogP contribution in [0.1, 0.15) is 42.5 Å². The number of carbonyl (C=O) groups excluding carboxylic acids is 1. The Balaban J connectivity index is 1.92. The number of amides is 1. The smallest absolute Gasteiger partial charge is 0.335 e. The predicted octanol–water partition coefficient (Wildman–Crippen LogP) is 2.70. The van der Waals surface area contributed by atoms with Crippen LogP contribution in [0.15, 0.2) is 18.2 Å². The summed E-state index contributed by atoms with van der Waals surface area (Å²) in [6, 6.07) is 4.80. The standard InChI is InChI=1S/C15H18N2O3/c18-13(19)10-4-5-11-12(8-10)17-14(20)15(9-16-11)6-2-1-3-7-15/h4-5,8,16H,1-3,6-7,9H2,(H,17,20)(H,18,19). The van der Waals surface area contributed by atoms with E-state index in [-0.39, 0.29) is 16.9 Å². The number of nitrogens with one attached hydrogen (secondary N) is 2. The summed E-state index contributed by atoms with van der Waals surface area (Å²) in [5.74, 6) is -0.968. The molecule has 1 aromatic carbocycles. The molecule has 5 nitrogen and oxygen atoms in total. The van der Waals surface area contributed by atoms with Crippen LogP contribution in [-0.4, -0.2) is 23.5 Å². The van der Waals surface area contributed by atoms with Crippen molar-refractivity contribution in [1.29, 1.82) is 0 Å². The van der Waals surface area contributed by atoms with Crippen molar-refractivity contribution in [2.75, 3.05) is 17.2 Å². The molecule has 20 heavy (non-hydrogen) atoms. The van der Waals surface area contributed by atoms with E-state index >= 15 is 0 Å². The molecule has 0 aromatic heterocycles. The first-order chi connectivity index (χ1) is 9.61. The number of benzene rings is 1. The molecule has 0 bridgehead atoms.